The molecule has 0 atom stereocenters. The van der Waals surface area contributed by atoms with Crippen molar-refractivity contribution in [2.45, 2.75) is 52.4 Å². The zero-order chi connectivity index (χ0) is 28.3. The number of hydrogen-bond acceptors (Lipinski definition) is 1. The molecule has 6 aromatic rings. The fourth-order valence-corrected chi connectivity index (χ4v) is 6.93. The maximum absolute atomic E-state index is 6.66. The number of nitrogens with zero attached hydrogens (tertiary/aromatic N) is 1. The molecule has 200 valence electrons. The van der Waals surface area contributed by atoms with Crippen LogP contribution in [0, 0.1) is 0 Å². The lowest BCUT2D eigenvalue weighted by molar-refractivity contribution is 0.487. The van der Waals surface area contributed by atoms with Crippen molar-refractivity contribution in [3.05, 3.63) is 108 Å². The second kappa shape index (κ2) is 8.16. The minimum atomic E-state index is 0.0143. The van der Waals surface area contributed by atoms with Gasteiger partial charge in [-0.1, -0.05) is 102 Å². The summed E-state index contributed by atoms with van der Waals surface area (Å²) in [5.74, 6) is 1.91. The molecular formula is C38H34BNO. The van der Waals surface area contributed by atoms with Crippen molar-refractivity contribution < 1.29 is 4.74 Å². The number of fused-ring (bicyclic) bond motifs is 7. The number of benzene rings is 5. The molecule has 2 nitrogen and oxygen atoms in total. The Balaban J connectivity index is 1.51. The quantitative estimate of drug-likeness (QED) is 0.196. The Morgan fingerprint density at radius 3 is 2.10 bits per heavy atom. The molecule has 0 spiro atoms. The van der Waals surface area contributed by atoms with Crippen LogP contribution in [-0.4, -0.2) is 11.3 Å². The zero-order valence-electron chi connectivity index (χ0n) is 24.7. The first kappa shape index (κ1) is 24.6. The van der Waals surface area contributed by atoms with Gasteiger partial charge in [-0.3, -0.25) is 0 Å². The molecule has 1 aromatic heterocycles. The molecule has 5 aromatic carbocycles. The fourth-order valence-electron chi connectivity index (χ4n) is 6.93. The van der Waals surface area contributed by atoms with Crippen molar-refractivity contribution in [1.82, 2.24) is 4.57 Å². The molecule has 0 fully saturated rings. The van der Waals surface area contributed by atoms with E-state index in [-0.39, 0.29) is 17.5 Å². The maximum Gasteiger partial charge on any atom is 0.256 e. The van der Waals surface area contributed by atoms with Crippen LogP contribution >= 0.6 is 0 Å². The highest BCUT2D eigenvalue weighted by molar-refractivity contribution is 6.99. The Bertz CT molecular complexity index is 2040. The lowest BCUT2D eigenvalue weighted by Gasteiger charge is -2.34. The molecule has 41 heavy (non-hydrogen) atoms. The van der Waals surface area contributed by atoms with Gasteiger partial charge < -0.3 is 9.30 Å². The van der Waals surface area contributed by atoms with E-state index in [1.165, 1.54) is 66.1 Å². The lowest BCUT2D eigenvalue weighted by atomic mass is 9.34. The molecule has 0 unspecified atom stereocenters. The Kier molecular flexibility index (Phi) is 4.89. The summed E-state index contributed by atoms with van der Waals surface area (Å²) in [6.07, 6.45) is 0. The highest BCUT2D eigenvalue weighted by Crippen LogP contribution is 2.40. The topological polar surface area (TPSA) is 14.2 Å². The average Bonchev–Trinajstić information content (AvgIpc) is 3.28. The Morgan fingerprint density at radius 1 is 0.585 bits per heavy atom. The van der Waals surface area contributed by atoms with E-state index in [0.29, 0.717) is 0 Å². The standard InChI is InChI=1S/C38H34BNO/c1-37(2,3)25-16-17-31-27(20-25)28-21-26(38(4,5)6)22-30-36(28)40(31)32-13-10-14-34-35(32)39(30)29-19-24(15-18-33(29)41-34)23-11-8-7-9-12-23/h7-22H,1-6H3. The number of hydrogen-bond donors (Lipinski definition) is 0. The normalized spacial score (nSPS) is 13.8. The average molecular weight is 532 g/mol. The first-order valence-electron chi connectivity index (χ1n) is 14.7. The smallest absolute Gasteiger partial charge is 0.256 e. The highest BCUT2D eigenvalue weighted by Gasteiger charge is 2.41. The minimum absolute atomic E-state index is 0.0143. The van der Waals surface area contributed by atoms with Gasteiger partial charge in [-0.15, -0.1) is 0 Å². The molecule has 3 heterocycles. The van der Waals surface area contributed by atoms with Gasteiger partial charge in [0.15, 0.2) is 0 Å². The van der Waals surface area contributed by atoms with Gasteiger partial charge in [0.1, 0.15) is 11.5 Å². The summed E-state index contributed by atoms with van der Waals surface area (Å²) < 4.78 is 9.17. The van der Waals surface area contributed by atoms with Crippen LogP contribution in [0.4, 0.5) is 0 Å². The van der Waals surface area contributed by atoms with Crippen molar-refractivity contribution >= 4 is 44.9 Å². The van der Waals surface area contributed by atoms with Gasteiger partial charge in [-0.05, 0) is 85.9 Å². The summed E-state index contributed by atoms with van der Waals surface area (Å²) in [5.41, 5.74) is 13.0. The largest absolute Gasteiger partial charge is 0.458 e. The summed E-state index contributed by atoms with van der Waals surface area (Å²) in [6, 6.07) is 36.0. The lowest BCUT2D eigenvalue weighted by Crippen LogP contribution is -2.58. The van der Waals surface area contributed by atoms with Gasteiger partial charge in [0.2, 0.25) is 0 Å². The van der Waals surface area contributed by atoms with Gasteiger partial charge in [-0.25, -0.2) is 0 Å². The highest BCUT2D eigenvalue weighted by atomic mass is 16.5. The van der Waals surface area contributed by atoms with E-state index in [9.17, 15) is 0 Å². The molecule has 0 saturated heterocycles. The van der Waals surface area contributed by atoms with Crippen molar-refractivity contribution in [2.75, 3.05) is 0 Å². The van der Waals surface area contributed by atoms with Crippen LogP contribution in [0.2, 0.25) is 0 Å². The maximum atomic E-state index is 6.66. The molecule has 8 rings (SSSR count). The summed E-state index contributed by atoms with van der Waals surface area (Å²) in [5, 5.41) is 2.67. The minimum Gasteiger partial charge on any atom is -0.458 e. The third kappa shape index (κ3) is 3.51. The van der Waals surface area contributed by atoms with Crippen molar-refractivity contribution in [3.8, 4) is 28.3 Å². The fraction of sp³-hybridized carbons (Fsp3) is 0.211. The van der Waals surface area contributed by atoms with Crippen molar-refractivity contribution in [1.29, 1.82) is 0 Å². The van der Waals surface area contributed by atoms with Crippen LogP contribution in [-0.2, 0) is 10.8 Å². The predicted octanol–water partition coefficient (Wildman–Crippen LogP) is 7.98. The Morgan fingerprint density at radius 2 is 1.34 bits per heavy atom. The molecule has 2 aliphatic heterocycles. The third-order valence-electron chi connectivity index (χ3n) is 9.15. The SMILES string of the molecule is CC(C)(C)c1ccc2c(c1)c1cc(C(C)(C)C)cc3c1n2-c1cccc2c1B3c1cc(-c3ccccc3)ccc1O2. The summed E-state index contributed by atoms with van der Waals surface area (Å²) >= 11 is 0. The summed E-state index contributed by atoms with van der Waals surface area (Å²) in [6.45, 7) is 14.0. The van der Waals surface area contributed by atoms with Gasteiger partial charge in [0, 0.05) is 22.0 Å². The molecule has 2 aliphatic rings. The summed E-state index contributed by atoms with van der Waals surface area (Å²) in [7, 11) is 0. The predicted molar refractivity (Wildman–Crippen MR) is 175 cm³/mol. The van der Waals surface area contributed by atoms with Crippen LogP contribution in [0.15, 0.2) is 97.1 Å². The Hall–Kier alpha value is -4.24. The first-order valence-corrected chi connectivity index (χ1v) is 14.7. The molecular weight excluding hydrogens is 497 g/mol. The molecule has 0 bridgehead atoms. The van der Waals surface area contributed by atoms with E-state index >= 15 is 0 Å². The molecule has 3 heteroatoms. The van der Waals surface area contributed by atoms with E-state index in [1.54, 1.807) is 0 Å². The number of aromatic nitrogens is 1. The first-order chi connectivity index (χ1) is 19.6. The van der Waals surface area contributed by atoms with Crippen molar-refractivity contribution in [2.24, 2.45) is 0 Å². The Labute approximate surface area is 242 Å². The van der Waals surface area contributed by atoms with Crippen LogP contribution < -0.4 is 21.1 Å². The van der Waals surface area contributed by atoms with Gasteiger partial charge in [-0.2, -0.15) is 0 Å². The van der Waals surface area contributed by atoms with E-state index in [2.05, 4.69) is 143 Å². The van der Waals surface area contributed by atoms with Crippen LogP contribution in [0.3, 0.4) is 0 Å². The zero-order valence-corrected chi connectivity index (χ0v) is 24.7. The second-order valence-electron chi connectivity index (χ2n) is 13.9. The monoisotopic (exact) mass is 531 g/mol. The van der Waals surface area contributed by atoms with Crippen LogP contribution in [0.25, 0.3) is 38.6 Å². The van der Waals surface area contributed by atoms with Crippen LogP contribution in [0.1, 0.15) is 52.7 Å². The van der Waals surface area contributed by atoms with Gasteiger partial charge in [0.25, 0.3) is 6.71 Å². The molecule has 0 amide bonds. The number of rotatable bonds is 1. The van der Waals surface area contributed by atoms with E-state index in [4.69, 9.17) is 4.74 Å². The van der Waals surface area contributed by atoms with Crippen LogP contribution in [0.5, 0.6) is 11.5 Å². The van der Waals surface area contributed by atoms with Gasteiger partial charge in [0.05, 0.1) is 5.52 Å². The second-order valence-corrected chi connectivity index (χ2v) is 13.9. The van der Waals surface area contributed by atoms with Crippen molar-refractivity contribution in [3.63, 3.8) is 0 Å². The molecule has 0 radical (unpaired) electrons. The van der Waals surface area contributed by atoms with E-state index < -0.39 is 0 Å². The third-order valence-corrected chi connectivity index (χ3v) is 9.15. The molecule has 0 aliphatic carbocycles. The molecule has 0 saturated carbocycles. The van der Waals surface area contributed by atoms with E-state index in [0.717, 1.165) is 11.5 Å². The molecule has 0 N–H and O–H groups in total. The van der Waals surface area contributed by atoms with E-state index in [1.807, 2.05) is 0 Å². The summed E-state index contributed by atoms with van der Waals surface area (Å²) in [4.78, 5) is 0. The van der Waals surface area contributed by atoms with Gasteiger partial charge >= 0.3 is 0 Å². The number of ether oxygens (including phenoxy) is 1.